The van der Waals surface area contributed by atoms with Gasteiger partial charge in [0.2, 0.25) is 15.9 Å². The van der Waals surface area contributed by atoms with E-state index in [-0.39, 0.29) is 24.1 Å². The molecule has 1 atom stereocenters. The van der Waals surface area contributed by atoms with Crippen molar-refractivity contribution in [2.75, 3.05) is 21.9 Å². The number of carbonyl (C=O) groups excluding carboxylic acids is 1. The second kappa shape index (κ2) is 8.29. The third-order valence-electron chi connectivity index (χ3n) is 4.78. The SMILES string of the molecule is O=C(C[C@@H](c1ccsc1)n1cnnn1)Nc1ccc(N2CCCCS2(=O)=O)cc1. The monoisotopic (exact) mass is 432 g/mol. The van der Waals surface area contributed by atoms with Gasteiger partial charge in [-0.05, 0) is 69.9 Å². The molecule has 11 heteroatoms. The molecule has 0 radical (unpaired) electrons. The van der Waals surface area contributed by atoms with E-state index >= 15 is 0 Å². The Balaban J connectivity index is 1.44. The molecule has 1 fully saturated rings. The van der Waals surface area contributed by atoms with Crippen molar-refractivity contribution in [3.05, 3.63) is 53.0 Å². The highest BCUT2D eigenvalue weighted by Gasteiger charge is 2.26. The highest BCUT2D eigenvalue weighted by Crippen LogP contribution is 2.26. The lowest BCUT2D eigenvalue weighted by Gasteiger charge is -2.28. The van der Waals surface area contributed by atoms with Crippen molar-refractivity contribution in [2.24, 2.45) is 0 Å². The molecule has 152 valence electrons. The van der Waals surface area contributed by atoms with Gasteiger partial charge in [-0.3, -0.25) is 9.10 Å². The lowest BCUT2D eigenvalue weighted by Crippen LogP contribution is -2.37. The molecule has 0 aliphatic carbocycles. The van der Waals surface area contributed by atoms with Crippen LogP contribution >= 0.6 is 11.3 Å². The molecule has 2 aromatic heterocycles. The van der Waals surface area contributed by atoms with Crippen LogP contribution in [0.15, 0.2) is 47.4 Å². The molecule has 0 unspecified atom stereocenters. The Morgan fingerprint density at radius 2 is 2.03 bits per heavy atom. The number of benzene rings is 1. The van der Waals surface area contributed by atoms with Gasteiger partial charge in [-0.25, -0.2) is 13.1 Å². The highest BCUT2D eigenvalue weighted by atomic mass is 32.2. The number of rotatable bonds is 6. The van der Waals surface area contributed by atoms with Crippen LogP contribution in [0.2, 0.25) is 0 Å². The quantitative estimate of drug-likeness (QED) is 0.640. The van der Waals surface area contributed by atoms with E-state index in [0.717, 1.165) is 12.0 Å². The number of hydrogen-bond donors (Lipinski definition) is 1. The third-order valence-corrected chi connectivity index (χ3v) is 7.35. The van der Waals surface area contributed by atoms with Gasteiger partial charge in [0.05, 0.1) is 23.9 Å². The van der Waals surface area contributed by atoms with Gasteiger partial charge in [0.15, 0.2) is 0 Å². The Morgan fingerprint density at radius 1 is 1.21 bits per heavy atom. The van der Waals surface area contributed by atoms with Crippen LogP contribution in [0, 0.1) is 0 Å². The molecule has 1 aromatic carbocycles. The summed E-state index contributed by atoms with van der Waals surface area (Å²) in [5, 5.41) is 18.0. The fraction of sp³-hybridized carbons (Fsp3) is 0.333. The van der Waals surface area contributed by atoms with Crippen LogP contribution in [0.5, 0.6) is 0 Å². The maximum Gasteiger partial charge on any atom is 0.235 e. The zero-order chi connectivity index (χ0) is 20.3. The first-order valence-electron chi connectivity index (χ1n) is 9.18. The second-order valence-corrected chi connectivity index (χ2v) is 9.55. The summed E-state index contributed by atoms with van der Waals surface area (Å²) in [5.74, 6) is -0.0119. The number of anilines is 2. The summed E-state index contributed by atoms with van der Waals surface area (Å²) in [7, 11) is -3.25. The molecular formula is C18H20N6O3S2. The molecule has 4 rings (SSSR count). The van der Waals surface area contributed by atoms with Crippen LogP contribution in [0.25, 0.3) is 0 Å². The van der Waals surface area contributed by atoms with E-state index < -0.39 is 10.0 Å². The average Bonchev–Trinajstić information content (AvgIpc) is 3.41. The molecule has 3 aromatic rings. The number of carbonyl (C=O) groups is 1. The molecule has 1 saturated heterocycles. The standard InChI is InChI=1S/C18H20N6O3S2/c25-18(11-17(14-7-9-28-12-14)23-13-19-21-22-23)20-15-3-5-16(6-4-15)24-8-1-2-10-29(24,26)27/h3-7,9,12-13,17H,1-2,8,10-11H2,(H,20,25)/t17-/m0/s1. The van der Waals surface area contributed by atoms with Crippen molar-refractivity contribution in [1.82, 2.24) is 20.2 Å². The number of tetrazole rings is 1. The molecule has 0 bridgehead atoms. The molecule has 3 heterocycles. The molecule has 1 aliphatic rings. The van der Waals surface area contributed by atoms with Crippen LogP contribution in [0.3, 0.4) is 0 Å². The van der Waals surface area contributed by atoms with Gasteiger partial charge in [-0.15, -0.1) is 5.10 Å². The molecule has 29 heavy (non-hydrogen) atoms. The van der Waals surface area contributed by atoms with E-state index in [0.29, 0.717) is 24.3 Å². The highest BCUT2D eigenvalue weighted by molar-refractivity contribution is 7.92. The Hall–Kier alpha value is -2.79. The number of nitrogens with zero attached hydrogens (tertiary/aromatic N) is 5. The molecule has 0 spiro atoms. The van der Waals surface area contributed by atoms with Gasteiger partial charge in [0.1, 0.15) is 6.33 Å². The maximum absolute atomic E-state index is 12.6. The van der Waals surface area contributed by atoms with Gasteiger partial charge in [0, 0.05) is 12.2 Å². The number of hydrogen-bond acceptors (Lipinski definition) is 7. The minimum Gasteiger partial charge on any atom is -0.326 e. The number of sulfonamides is 1. The number of aromatic nitrogens is 4. The lowest BCUT2D eigenvalue weighted by molar-refractivity contribution is -0.116. The lowest BCUT2D eigenvalue weighted by atomic mass is 10.1. The van der Waals surface area contributed by atoms with Crippen molar-refractivity contribution in [2.45, 2.75) is 25.3 Å². The van der Waals surface area contributed by atoms with Crippen molar-refractivity contribution in [3.63, 3.8) is 0 Å². The fourth-order valence-electron chi connectivity index (χ4n) is 3.32. The molecule has 9 nitrogen and oxygen atoms in total. The van der Waals surface area contributed by atoms with Crippen LogP contribution in [-0.2, 0) is 14.8 Å². The molecule has 1 amide bonds. The molecule has 0 saturated carbocycles. The predicted molar refractivity (Wildman–Crippen MR) is 110 cm³/mol. The van der Waals surface area contributed by atoms with Crippen molar-refractivity contribution < 1.29 is 13.2 Å². The van der Waals surface area contributed by atoms with Crippen LogP contribution in [-0.4, -0.2) is 46.8 Å². The normalized spacial score (nSPS) is 17.0. The number of amides is 1. The predicted octanol–water partition coefficient (Wildman–Crippen LogP) is 2.28. The van der Waals surface area contributed by atoms with Crippen LogP contribution in [0.4, 0.5) is 11.4 Å². The number of nitrogens with one attached hydrogen (secondary N) is 1. The maximum atomic E-state index is 12.6. The van der Waals surface area contributed by atoms with E-state index in [2.05, 4.69) is 20.8 Å². The Kier molecular flexibility index (Phi) is 5.58. The van der Waals surface area contributed by atoms with Crippen LogP contribution < -0.4 is 9.62 Å². The Bertz CT molecular complexity index is 1020. The first kappa shape index (κ1) is 19.5. The van der Waals surface area contributed by atoms with E-state index in [1.807, 2.05) is 16.8 Å². The summed E-state index contributed by atoms with van der Waals surface area (Å²) in [4.78, 5) is 12.6. The van der Waals surface area contributed by atoms with Gasteiger partial charge in [-0.1, -0.05) is 0 Å². The van der Waals surface area contributed by atoms with Gasteiger partial charge in [-0.2, -0.15) is 11.3 Å². The van der Waals surface area contributed by atoms with Crippen LogP contribution in [0.1, 0.15) is 30.9 Å². The van der Waals surface area contributed by atoms with E-state index in [9.17, 15) is 13.2 Å². The molecular weight excluding hydrogens is 412 g/mol. The number of thiophene rings is 1. The topological polar surface area (TPSA) is 110 Å². The van der Waals surface area contributed by atoms with Crippen molar-refractivity contribution in [1.29, 1.82) is 0 Å². The summed E-state index contributed by atoms with van der Waals surface area (Å²) in [6.07, 6.45) is 3.20. The van der Waals surface area contributed by atoms with Gasteiger partial charge in [0.25, 0.3) is 0 Å². The second-order valence-electron chi connectivity index (χ2n) is 6.76. The summed E-state index contributed by atoms with van der Waals surface area (Å²) in [5.41, 5.74) is 2.18. The summed E-state index contributed by atoms with van der Waals surface area (Å²) >= 11 is 1.54. The fourth-order valence-corrected chi connectivity index (χ4v) is 5.66. The minimum atomic E-state index is -3.25. The third kappa shape index (κ3) is 4.46. The average molecular weight is 433 g/mol. The smallest absolute Gasteiger partial charge is 0.235 e. The van der Waals surface area contributed by atoms with E-state index in [1.54, 1.807) is 40.3 Å². The molecule has 1 aliphatic heterocycles. The Labute approximate surface area is 172 Å². The molecule has 1 N–H and O–H groups in total. The first-order valence-corrected chi connectivity index (χ1v) is 11.7. The summed E-state index contributed by atoms with van der Waals surface area (Å²) in [6.45, 7) is 0.488. The van der Waals surface area contributed by atoms with Crippen molar-refractivity contribution >= 4 is 38.6 Å². The minimum absolute atomic E-state index is 0.171. The largest absolute Gasteiger partial charge is 0.326 e. The zero-order valence-electron chi connectivity index (χ0n) is 15.5. The first-order chi connectivity index (χ1) is 14.0. The van der Waals surface area contributed by atoms with Gasteiger partial charge < -0.3 is 5.32 Å². The summed E-state index contributed by atoms with van der Waals surface area (Å²) < 4.78 is 27.5. The summed E-state index contributed by atoms with van der Waals surface area (Å²) in [6, 6.07) is 8.51. The van der Waals surface area contributed by atoms with E-state index in [4.69, 9.17) is 0 Å². The van der Waals surface area contributed by atoms with Crippen molar-refractivity contribution in [3.8, 4) is 0 Å². The van der Waals surface area contributed by atoms with E-state index in [1.165, 1.54) is 10.6 Å². The zero-order valence-corrected chi connectivity index (χ0v) is 17.1. The van der Waals surface area contributed by atoms with Gasteiger partial charge >= 0.3 is 0 Å². The Morgan fingerprint density at radius 3 is 2.69 bits per heavy atom.